The van der Waals surface area contributed by atoms with E-state index in [1.807, 2.05) is 6.07 Å². The number of rotatable bonds is 4. The number of nitrogens with zero attached hydrogens (tertiary/aromatic N) is 1. The van der Waals surface area contributed by atoms with E-state index in [0.717, 1.165) is 30.2 Å². The second-order valence-corrected chi connectivity index (χ2v) is 7.14. The standard InChI is InChI=1S/C17H25NO3S/c1-18(14-4-8-22-9-5-14)12-13-10-16-17(11-15(13)19-2)21-7-3-6-20-16/h10-11,14H,3-9,12H2,1-2H3. The second-order valence-electron chi connectivity index (χ2n) is 5.92. The zero-order valence-electron chi connectivity index (χ0n) is 13.5. The summed E-state index contributed by atoms with van der Waals surface area (Å²) in [6, 6.07) is 4.73. The topological polar surface area (TPSA) is 30.9 Å². The normalized spacial score (nSPS) is 19.0. The van der Waals surface area contributed by atoms with Gasteiger partial charge in [0.25, 0.3) is 0 Å². The van der Waals surface area contributed by atoms with Gasteiger partial charge in [-0.15, -0.1) is 0 Å². The second kappa shape index (κ2) is 7.47. The molecule has 2 aliphatic heterocycles. The number of methoxy groups -OCH3 is 1. The molecule has 1 aromatic carbocycles. The van der Waals surface area contributed by atoms with E-state index in [1.165, 1.54) is 29.9 Å². The van der Waals surface area contributed by atoms with Crippen molar-refractivity contribution in [1.29, 1.82) is 0 Å². The van der Waals surface area contributed by atoms with Crippen LogP contribution in [0.1, 0.15) is 24.8 Å². The molecule has 0 N–H and O–H groups in total. The third-order valence-corrected chi connectivity index (χ3v) is 5.43. The highest BCUT2D eigenvalue weighted by molar-refractivity contribution is 7.99. The van der Waals surface area contributed by atoms with E-state index >= 15 is 0 Å². The van der Waals surface area contributed by atoms with Crippen LogP contribution in [0.4, 0.5) is 0 Å². The van der Waals surface area contributed by atoms with Gasteiger partial charge in [-0.25, -0.2) is 0 Å². The average molecular weight is 323 g/mol. The zero-order chi connectivity index (χ0) is 15.4. The lowest BCUT2D eigenvalue weighted by molar-refractivity contribution is 0.218. The molecule has 3 rings (SSSR count). The fourth-order valence-electron chi connectivity index (χ4n) is 3.07. The van der Waals surface area contributed by atoms with E-state index in [9.17, 15) is 0 Å². The fourth-order valence-corrected chi connectivity index (χ4v) is 4.15. The number of fused-ring (bicyclic) bond motifs is 1. The molecule has 2 aliphatic rings. The summed E-state index contributed by atoms with van der Waals surface area (Å²) >= 11 is 2.06. The summed E-state index contributed by atoms with van der Waals surface area (Å²) in [6.45, 7) is 2.30. The highest BCUT2D eigenvalue weighted by Gasteiger charge is 2.21. The van der Waals surface area contributed by atoms with Crippen LogP contribution in [-0.4, -0.2) is 49.8 Å². The Balaban J connectivity index is 1.78. The van der Waals surface area contributed by atoms with Crippen molar-refractivity contribution in [2.75, 3.05) is 38.9 Å². The lowest BCUT2D eigenvalue weighted by Gasteiger charge is -2.31. The number of thioether (sulfide) groups is 1. The Morgan fingerprint density at radius 2 is 1.86 bits per heavy atom. The van der Waals surface area contributed by atoms with Gasteiger partial charge in [-0.1, -0.05) is 0 Å². The first-order chi connectivity index (χ1) is 10.8. The number of ether oxygens (including phenoxy) is 3. The van der Waals surface area contributed by atoms with E-state index in [2.05, 4.69) is 29.8 Å². The summed E-state index contributed by atoms with van der Waals surface area (Å²) in [6.07, 6.45) is 3.47. The molecule has 4 nitrogen and oxygen atoms in total. The van der Waals surface area contributed by atoms with Crippen molar-refractivity contribution < 1.29 is 14.2 Å². The first-order valence-electron chi connectivity index (χ1n) is 8.02. The van der Waals surface area contributed by atoms with Crippen molar-refractivity contribution >= 4 is 11.8 Å². The molecule has 1 fully saturated rings. The molecule has 22 heavy (non-hydrogen) atoms. The molecule has 0 unspecified atom stereocenters. The number of hydrogen-bond donors (Lipinski definition) is 0. The van der Waals surface area contributed by atoms with Gasteiger partial charge < -0.3 is 14.2 Å². The van der Waals surface area contributed by atoms with Crippen LogP contribution in [-0.2, 0) is 6.54 Å². The van der Waals surface area contributed by atoms with E-state index < -0.39 is 0 Å². The molecule has 0 aromatic heterocycles. The third kappa shape index (κ3) is 3.63. The number of benzene rings is 1. The van der Waals surface area contributed by atoms with E-state index in [-0.39, 0.29) is 0 Å². The summed E-state index contributed by atoms with van der Waals surface area (Å²) in [5.74, 6) is 5.08. The first kappa shape index (κ1) is 15.8. The van der Waals surface area contributed by atoms with Crippen molar-refractivity contribution in [3.8, 4) is 17.2 Å². The Hall–Kier alpha value is -1.07. The van der Waals surface area contributed by atoms with Gasteiger partial charge in [0.15, 0.2) is 11.5 Å². The van der Waals surface area contributed by atoms with Gasteiger partial charge in [0.1, 0.15) is 5.75 Å². The summed E-state index contributed by atoms with van der Waals surface area (Å²) in [5.41, 5.74) is 1.17. The van der Waals surface area contributed by atoms with Crippen molar-refractivity contribution in [1.82, 2.24) is 4.90 Å². The molecule has 0 atom stereocenters. The summed E-state index contributed by atoms with van der Waals surface area (Å²) < 4.78 is 17.1. The van der Waals surface area contributed by atoms with Crippen molar-refractivity contribution in [3.05, 3.63) is 17.7 Å². The Bertz CT molecular complexity index is 503. The fraction of sp³-hybridized carbons (Fsp3) is 0.647. The molecule has 0 amide bonds. The predicted molar refractivity (Wildman–Crippen MR) is 90.4 cm³/mol. The van der Waals surface area contributed by atoms with E-state index in [0.29, 0.717) is 19.3 Å². The molecule has 2 heterocycles. The molecule has 0 radical (unpaired) electrons. The van der Waals surface area contributed by atoms with Crippen molar-refractivity contribution in [3.63, 3.8) is 0 Å². The quantitative estimate of drug-likeness (QED) is 0.849. The minimum atomic E-state index is 0.668. The molecule has 5 heteroatoms. The van der Waals surface area contributed by atoms with E-state index in [1.54, 1.807) is 7.11 Å². The highest BCUT2D eigenvalue weighted by atomic mass is 32.2. The Kier molecular flexibility index (Phi) is 5.37. The van der Waals surface area contributed by atoms with Gasteiger partial charge in [-0.3, -0.25) is 4.90 Å². The molecular weight excluding hydrogens is 298 g/mol. The monoisotopic (exact) mass is 323 g/mol. The predicted octanol–water partition coefficient (Wildman–Crippen LogP) is 3.18. The van der Waals surface area contributed by atoms with Crippen LogP contribution in [0.3, 0.4) is 0 Å². The minimum absolute atomic E-state index is 0.668. The molecule has 0 spiro atoms. The van der Waals surface area contributed by atoms with Crippen LogP contribution in [0.15, 0.2) is 12.1 Å². The SMILES string of the molecule is COc1cc2c(cc1CN(C)C1CCSCC1)OCCCO2. The molecule has 122 valence electrons. The lowest BCUT2D eigenvalue weighted by atomic mass is 10.1. The number of hydrogen-bond acceptors (Lipinski definition) is 5. The molecule has 0 saturated carbocycles. The summed E-state index contributed by atoms with van der Waals surface area (Å²) in [4.78, 5) is 2.45. The van der Waals surface area contributed by atoms with E-state index in [4.69, 9.17) is 14.2 Å². The van der Waals surface area contributed by atoms with Gasteiger partial charge in [0.05, 0.1) is 20.3 Å². The maximum atomic E-state index is 5.81. The van der Waals surface area contributed by atoms with Crippen LogP contribution < -0.4 is 14.2 Å². The summed E-state index contributed by atoms with van der Waals surface area (Å²) in [7, 11) is 3.93. The molecule has 1 saturated heterocycles. The smallest absolute Gasteiger partial charge is 0.164 e. The first-order valence-corrected chi connectivity index (χ1v) is 9.18. The van der Waals surface area contributed by atoms with Crippen LogP contribution in [0.25, 0.3) is 0 Å². The van der Waals surface area contributed by atoms with Gasteiger partial charge in [-0.05, 0) is 37.5 Å². The third-order valence-electron chi connectivity index (χ3n) is 4.38. The molecular formula is C17H25NO3S. The summed E-state index contributed by atoms with van der Waals surface area (Å²) in [5, 5.41) is 0. The van der Waals surface area contributed by atoms with Crippen LogP contribution in [0.5, 0.6) is 17.2 Å². The zero-order valence-corrected chi connectivity index (χ0v) is 14.3. The average Bonchev–Trinajstić information content (AvgIpc) is 2.79. The molecule has 1 aromatic rings. The lowest BCUT2D eigenvalue weighted by Crippen LogP contribution is -2.34. The van der Waals surface area contributed by atoms with Crippen LogP contribution in [0, 0.1) is 0 Å². The molecule has 0 bridgehead atoms. The Labute approximate surface area is 137 Å². The highest BCUT2D eigenvalue weighted by Crippen LogP contribution is 2.37. The van der Waals surface area contributed by atoms with Gasteiger partial charge >= 0.3 is 0 Å². The van der Waals surface area contributed by atoms with Crippen molar-refractivity contribution in [2.24, 2.45) is 0 Å². The van der Waals surface area contributed by atoms with Crippen molar-refractivity contribution in [2.45, 2.75) is 31.8 Å². The molecule has 0 aliphatic carbocycles. The van der Waals surface area contributed by atoms with Gasteiger partial charge in [0, 0.05) is 30.6 Å². The minimum Gasteiger partial charge on any atom is -0.496 e. The van der Waals surface area contributed by atoms with Gasteiger partial charge in [-0.2, -0.15) is 11.8 Å². The van der Waals surface area contributed by atoms with Crippen LogP contribution >= 0.6 is 11.8 Å². The maximum absolute atomic E-state index is 5.81. The van der Waals surface area contributed by atoms with Crippen LogP contribution in [0.2, 0.25) is 0 Å². The largest absolute Gasteiger partial charge is 0.496 e. The van der Waals surface area contributed by atoms with Gasteiger partial charge in [0.2, 0.25) is 0 Å². The Morgan fingerprint density at radius 3 is 2.55 bits per heavy atom. The Morgan fingerprint density at radius 1 is 1.18 bits per heavy atom. The maximum Gasteiger partial charge on any atom is 0.164 e.